The predicted octanol–water partition coefficient (Wildman–Crippen LogP) is 3.92. The smallest absolute Gasteiger partial charge is 0.407 e. The van der Waals surface area contributed by atoms with Crippen LogP contribution in [0.1, 0.15) is 28.7 Å². The Kier molecular flexibility index (Phi) is 5.32. The maximum Gasteiger partial charge on any atom is 0.407 e. The number of allylic oxidation sites excluding steroid dienone is 1. The van der Waals surface area contributed by atoms with Gasteiger partial charge in [-0.05, 0) is 29.2 Å². The third kappa shape index (κ3) is 4.27. The summed E-state index contributed by atoms with van der Waals surface area (Å²) in [6.07, 6.45) is 5.41. The lowest BCUT2D eigenvalue weighted by Gasteiger charge is -2.05. The topological polar surface area (TPSA) is 38.3 Å². The second-order valence-corrected chi connectivity index (χ2v) is 5.52. The van der Waals surface area contributed by atoms with Crippen LogP contribution in [0.3, 0.4) is 0 Å². The SMILES string of the molecule is O=C(NCCC#Cc1cccc2c1CC=C2)OCc1ccccc1. The van der Waals surface area contributed by atoms with Crippen LogP contribution >= 0.6 is 0 Å². The summed E-state index contributed by atoms with van der Waals surface area (Å²) in [5, 5.41) is 2.72. The number of ether oxygens (including phenoxy) is 1. The highest BCUT2D eigenvalue weighted by molar-refractivity contribution is 5.67. The number of carbonyl (C=O) groups is 1. The molecule has 3 nitrogen and oxygen atoms in total. The third-order valence-electron chi connectivity index (χ3n) is 3.79. The molecule has 24 heavy (non-hydrogen) atoms. The number of hydrogen-bond acceptors (Lipinski definition) is 2. The molecule has 0 aromatic heterocycles. The van der Waals surface area contributed by atoms with Crippen molar-refractivity contribution in [2.24, 2.45) is 0 Å². The molecule has 1 aliphatic carbocycles. The molecule has 0 spiro atoms. The van der Waals surface area contributed by atoms with Crippen LogP contribution in [0.25, 0.3) is 6.08 Å². The van der Waals surface area contributed by atoms with Gasteiger partial charge in [0.25, 0.3) is 0 Å². The van der Waals surface area contributed by atoms with Gasteiger partial charge in [0.1, 0.15) is 6.61 Å². The van der Waals surface area contributed by atoms with E-state index in [0.29, 0.717) is 13.0 Å². The molecule has 3 heteroatoms. The molecule has 0 heterocycles. The van der Waals surface area contributed by atoms with E-state index in [0.717, 1.165) is 17.5 Å². The fourth-order valence-electron chi connectivity index (χ4n) is 2.57. The Hall–Kier alpha value is -2.99. The van der Waals surface area contributed by atoms with Crippen LogP contribution < -0.4 is 5.32 Å². The molecule has 0 bridgehead atoms. The number of fused-ring (bicyclic) bond motifs is 1. The summed E-state index contributed by atoms with van der Waals surface area (Å²) < 4.78 is 5.15. The summed E-state index contributed by atoms with van der Waals surface area (Å²) in [5.74, 6) is 6.31. The van der Waals surface area contributed by atoms with Crippen LogP contribution in [0.2, 0.25) is 0 Å². The summed E-state index contributed by atoms with van der Waals surface area (Å²) in [6, 6.07) is 15.8. The number of rotatable bonds is 4. The van der Waals surface area contributed by atoms with Gasteiger partial charge in [-0.2, -0.15) is 0 Å². The minimum Gasteiger partial charge on any atom is -0.445 e. The van der Waals surface area contributed by atoms with Gasteiger partial charge in [-0.25, -0.2) is 4.79 Å². The fraction of sp³-hybridized carbons (Fsp3) is 0.190. The first kappa shape index (κ1) is 15.9. The molecule has 0 radical (unpaired) electrons. The lowest BCUT2D eigenvalue weighted by molar-refractivity contribution is 0.140. The van der Waals surface area contributed by atoms with Gasteiger partial charge in [0.05, 0.1) is 0 Å². The maximum absolute atomic E-state index is 11.6. The number of hydrogen-bond donors (Lipinski definition) is 1. The lowest BCUT2D eigenvalue weighted by atomic mass is 10.0. The fourth-order valence-corrected chi connectivity index (χ4v) is 2.57. The van der Waals surface area contributed by atoms with Gasteiger partial charge in [-0.3, -0.25) is 0 Å². The average Bonchev–Trinajstić information content (AvgIpc) is 3.10. The van der Waals surface area contributed by atoms with E-state index in [1.54, 1.807) is 0 Å². The molecule has 0 saturated heterocycles. The molecule has 120 valence electrons. The number of amides is 1. The van der Waals surface area contributed by atoms with Crippen molar-refractivity contribution in [3.63, 3.8) is 0 Å². The Morgan fingerprint density at radius 3 is 2.88 bits per heavy atom. The Labute approximate surface area is 142 Å². The first-order chi connectivity index (χ1) is 11.8. The average molecular weight is 317 g/mol. The van der Waals surface area contributed by atoms with Crippen molar-refractivity contribution in [2.75, 3.05) is 6.54 Å². The summed E-state index contributed by atoms with van der Waals surface area (Å²) in [6.45, 7) is 0.759. The highest BCUT2D eigenvalue weighted by Crippen LogP contribution is 2.22. The van der Waals surface area contributed by atoms with Crippen molar-refractivity contribution in [3.05, 3.63) is 76.9 Å². The summed E-state index contributed by atoms with van der Waals surface area (Å²) in [7, 11) is 0. The second-order valence-electron chi connectivity index (χ2n) is 5.52. The quantitative estimate of drug-likeness (QED) is 0.685. The zero-order chi connectivity index (χ0) is 16.6. The molecule has 1 aliphatic rings. The van der Waals surface area contributed by atoms with Crippen LogP contribution in [-0.4, -0.2) is 12.6 Å². The van der Waals surface area contributed by atoms with Crippen molar-refractivity contribution in [1.29, 1.82) is 0 Å². The molecule has 1 amide bonds. The minimum absolute atomic E-state index is 0.279. The zero-order valence-electron chi connectivity index (χ0n) is 13.4. The van der Waals surface area contributed by atoms with Crippen molar-refractivity contribution in [1.82, 2.24) is 5.32 Å². The van der Waals surface area contributed by atoms with Gasteiger partial charge >= 0.3 is 6.09 Å². The van der Waals surface area contributed by atoms with Gasteiger partial charge in [0.15, 0.2) is 0 Å². The summed E-state index contributed by atoms with van der Waals surface area (Å²) in [4.78, 5) is 11.6. The first-order valence-electron chi connectivity index (χ1n) is 8.05. The Morgan fingerprint density at radius 2 is 2.00 bits per heavy atom. The van der Waals surface area contributed by atoms with E-state index in [-0.39, 0.29) is 6.61 Å². The van der Waals surface area contributed by atoms with E-state index >= 15 is 0 Å². The molecule has 2 aromatic carbocycles. The highest BCUT2D eigenvalue weighted by Gasteiger charge is 2.07. The van der Waals surface area contributed by atoms with Gasteiger partial charge in [0.2, 0.25) is 0 Å². The van der Waals surface area contributed by atoms with E-state index in [9.17, 15) is 4.79 Å². The van der Waals surface area contributed by atoms with Gasteiger partial charge in [-0.15, -0.1) is 0 Å². The molecule has 2 aromatic rings. The van der Waals surface area contributed by atoms with Crippen LogP contribution in [-0.2, 0) is 17.8 Å². The lowest BCUT2D eigenvalue weighted by Crippen LogP contribution is -2.24. The molecule has 3 rings (SSSR count). The van der Waals surface area contributed by atoms with Crippen molar-refractivity contribution in [2.45, 2.75) is 19.4 Å². The molecule has 0 atom stereocenters. The number of alkyl carbamates (subject to hydrolysis) is 1. The highest BCUT2D eigenvalue weighted by atomic mass is 16.5. The molecule has 0 saturated carbocycles. The normalized spacial score (nSPS) is 11.3. The maximum atomic E-state index is 11.6. The number of benzene rings is 2. The number of nitrogens with one attached hydrogen (secondary N) is 1. The second kappa shape index (κ2) is 8.03. The summed E-state index contributed by atoms with van der Waals surface area (Å²) in [5.41, 5.74) is 4.59. The minimum atomic E-state index is -0.412. The van der Waals surface area contributed by atoms with Crippen LogP contribution in [0.15, 0.2) is 54.6 Å². The zero-order valence-corrected chi connectivity index (χ0v) is 13.4. The van der Waals surface area contributed by atoms with Crippen LogP contribution in [0, 0.1) is 11.8 Å². The van der Waals surface area contributed by atoms with Gasteiger partial charge in [-0.1, -0.05) is 66.5 Å². The third-order valence-corrected chi connectivity index (χ3v) is 3.79. The number of carbonyl (C=O) groups excluding carboxylic acids is 1. The Balaban J connectivity index is 1.40. The monoisotopic (exact) mass is 317 g/mol. The molecule has 0 unspecified atom stereocenters. The van der Waals surface area contributed by atoms with E-state index in [4.69, 9.17) is 4.74 Å². The van der Waals surface area contributed by atoms with Crippen molar-refractivity contribution < 1.29 is 9.53 Å². The van der Waals surface area contributed by atoms with E-state index in [2.05, 4.69) is 35.4 Å². The standard InChI is InChI=1S/C21H19NO2/c23-21(24-16-17-8-2-1-3-9-17)22-15-5-4-10-18-11-6-12-19-13-7-14-20(18)19/h1-3,6-9,11-13H,5,14-16H2,(H,22,23). The van der Waals surface area contributed by atoms with Crippen molar-refractivity contribution >= 4 is 12.2 Å². The van der Waals surface area contributed by atoms with Crippen LogP contribution in [0.5, 0.6) is 0 Å². The van der Waals surface area contributed by atoms with E-state index in [1.165, 1.54) is 11.1 Å². The summed E-state index contributed by atoms with van der Waals surface area (Å²) >= 11 is 0. The molecular formula is C21H19NO2. The van der Waals surface area contributed by atoms with Crippen LogP contribution in [0.4, 0.5) is 4.79 Å². The van der Waals surface area contributed by atoms with Gasteiger partial charge in [0, 0.05) is 18.5 Å². The Morgan fingerprint density at radius 1 is 1.12 bits per heavy atom. The molecule has 0 aliphatic heterocycles. The Bertz CT molecular complexity index is 798. The first-order valence-corrected chi connectivity index (χ1v) is 8.05. The molecule has 1 N–H and O–H groups in total. The van der Waals surface area contributed by atoms with Gasteiger partial charge < -0.3 is 10.1 Å². The predicted molar refractivity (Wildman–Crippen MR) is 95.3 cm³/mol. The van der Waals surface area contributed by atoms with E-state index in [1.807, 2.05) is 42.5 Å². The largest absolute Gasteiger partial charge is 0.445 e. The molecule has 0 fully saturated rings. The molecular weight excluding hydrogens is 298 g/mol. The van der Waals surface area contributed by atoms with Crippen molar-refractivity contribution in [3.8, 4) is 11.8 Å². The van der Waals surface area contributed by atoms with E-state index < -0.39 is 6.09 Å².